The van der Waals surface area contributed by atoms with Crippen LogP contribution in [-0.4, -0.2) is 56.0 Å². The molecule has 0 atom stereocenters. The van der Waals surface area contributed by atoms with Crippen molar-refractivity contribution in [1.82, 2.24) is 35.0 Å². The zero-order valence-electron chi connectivity index (χ0n) is 22.1. The summed E-state index contributed by atoms with van der Waals surface area (Å²) < 4.78 is 45.4. The molecule has 4 rings (SSSR count). The molecule has 0 saturated carbocycles. The van der Waals surface area contributed by atoms with Crippen molar-refractivity contribution < 1.29 is 22.7 Å². The van der Waals surface area contributed by atoms with Gasteiger partial charge in [0.15, 0.2) is 5.82 Å². The van der Waals surface area contributed by atoms with Crippen molar-refractivity contribution in [2.45, 2.75) is 46.3 Å². The number of carbonyl (C=O) groups excluding carboxylic acids is 1. The van der Waals surface area contributed by atoms with E-state index in [4.69, 9.17) is 4.74 Å². The quantitative estimate of drug-likeness (QED) is 0.382. The highest BCUT2D eigenvalue weighted by molar-refractivity contribution is 6.00. The van der Waals surface area contributed by atoms with Crippen LogP contribution in [-0.2, 0) is 11.3 Å². The molecule has 0 unspecified atom stereocenters. The van der Waals surface area contributed by atoms with Crippen molar-refractivity contribution in [1.29, 1.82) is 0 Å². The van der Waals surface area contributed by atoms with Gasteiger partial charge in [0.25, 0.3) is 5.91 Å². The summed E-state index contributed by atoms with van der Waals surface area (Å²) in [5.74, 6) is 1.84. The summed E-state index contributed by atoms with van der Waals surface area (Å²) in [6.45, 7) is 3.86. The Bertz CT molecular complexity index is 1440. The smallest absolute Gasteiger partial charge is 0.408 e. The van der Waals surface area contributed by atoms with E-state index >= 15 is 0 Å². The van der Waals surface area contributed by atoms with E-state index in [1.165, 1.54) is 27.3 Å². The number of carbonyl (C=O) groups is 1. The van der Waals surface area contributed by atoms with Crippen molar-refractivity contribution in [3.63, 3.8) is 0 Å². The van der Waals surface area contributed by atoms with Gasteiger partial charge in [0.1, 0.15) is 35.6 Å². The number of alkyl halides is 3. The van der Waals surface area contributed by atoms with Crippen molar-refractivity contribution in [3.8, 4) is 0 Å². The molecule has 39 heavy (non-hydrogen) atoms. The summed E-state index contributed by atoms with van der Waals surface area (Å²) in [6.07, 6.45) is -0.126. The number of hydrogen-bond donors (Lipinski definition) is 3. The van der Waals surface area contributed by atoms with E-state index in [1.54, 1.807) is 19.1 Å². The first kappa shape index (κ1) is 27.5. The maximum Gasteiger partial charge on any atom is 0.408 e. The van der Waals surface area contributed by atoms with Crippen LogP contribution in [0.5, 0.6) is 0 Å². The van der Waals surface area contributed by atoms with E-state index in [1.807, 2.05) is 13.0 Å². The third kappa shape index (κ3) is 6.51. The number of aryl methyl sites for hydroxylation is 3. The van der Waals surface area contributed by atoms with E-state index in [-0.39, 0.29) is 23.1 Å². The minimum Gasteiger partial charge on any atom is -0.494 e. The molecule has 3 N–H and O–H groups in total. The predicted octanol–water partition coefficient (Wildman–Crippen LogP) is 4.20. The summed E-state index contributed by atoms with van der Waals surface area (Å²) in [5.41, 5.74) is 2.53. The first-order valence-electron chi connectivity index (χ1n) is 12.0. The van der Waals surface area contributed by atoms with Crippen LogP contribution in [0.1, 0.15) is 46.4 Å². The fourth-order valence-electron chi connectivity index (χ4n) is 4.15. The van der Waals surface area contributed by atoms with Gasteiger partial charge in [-0.15, -0.1) is 0 Å². The van der Waals surface area contributed by atoms with Gasteiger partial charge in [-0.1, -0.05) is 6.08 Å². The standard InChI is InChI=1S/C25H28F3N9O2/c1-13-9-21(32-14(2)31-13)35-20-10-19(17(11-30-20)24(38)29-4)34-18-8-6-7-16(22(18)39-5)23-33-15(3)37(36-23)12-25(26,27)28/h8-11H,6-7,12H2,1-5H3,(H,29,38)(H2,30,31,32,34,35). The van der Waals surface area contributed by atoms with Crippen molar-refractivity contribution >= 4 is 28.8 Å². The summed E-state index contributed by atoms with van der Waals surface area (Å²) in [6, 6.07) is 3.42. The Hall–Kier alpha value is -4.49. The summed E-state index contributed by atoms with van der Waals surface area (Å²) >= 11 is 0. The number of nitrogens with zero attached hydrogens (tertiary/aromatic N) is 6. The number of ether oxygens (including phenoxy) is 1. The van der Waals surface area contributed by atoms with Gasteiger partial charge in [0.2, 0.25) is 0 Å². The fourth-order valence-corrected chi connectivity index (χ4v) is 4.15. The molecule has 0 spiro atoms. The molecule has 206 valence electrons. The average molecular weight is 544 g/mol. The zero-order chi connectivity index (χ0) is 28.3. The summed E-state index contributed by atoms with van der Waals surface area (Å²) in [4.78, 5) is 29.8. The lowest BCUT2D eigenvalue weighted by Crippen LogP contribution is -2.21. The molecule has 11 nitrogen and oxygen atoms in total. The zero-order valence-corrected chi connectivity index (χ0v) is 22.1. The van der Waals surface area contributed by atoms with Gasteiger partial charge in [-0.3, -0.25) is 4.79 Å². The van der Waals surface area contributed by atoms with Crippen LogP contribution in [0.2, 0.25) is 0 Å². The third-order valence-electron chi connectivity index (χ3n) is 5.79. The highest BCUT2D eigenvalue weighted by Crippen LogP contribution is 2.34. The number of nitrogens with one attached hydrogen (secondary N) is 3. The molecule has 0 bridgehead atoms. The van der Waals surface area contributed by atoms with Crippen LogP contribution < -0.4 is 16.0 Å². The molecule has 1 aliphatic rings. The Morgan fingerprint density at radius 1 is 1.10 bits per heavy atom. The number of hydrogen-bond acceptors (Lipinski definition) is 9. The Labute approximate surface area is 222 Å². The Morgan fingerprint density at radius 3 is 2.54 bits per heavy atom. The van der Waals surface area contributed by atoms with Gasteiger partial charge in [-0.05, 0) is 33.6 Å². The van der Waals surface area contributed by atoms with E-state index in [0.29, 0.717) is 53.0 Å². The highest BCUT2D eigenvalue weighted by atomic mass is 19.4. The molecular formula is C25H28F3N9O2. The van der Waals surface area contributed by atoms with Gasteiger partial charge in [0.05, 0.1) is 24.1 Å². The third-order valence-corrected chi connectivity index (χ3v) is 5.79. The molecular weight excluding hydrogens is 515 g/mol. The molecule has 0 aromatic carbocycles. The minimum absolute atomic E-state index is 0.135. The van der Waals surface area contributed by atoms with Gasteiger partial charge in [-0.25, -0.2) is 24.6 Å². The lowest BCUT2D eigenvalue weighted by Gasteiger charge is -2.22. The van der Waals surface area contributed by atoms with Crippen LogP contribution in [0.25, 0.3) is 5.57 Å². The number of methoxy groups -OCH3 is 1. The SMILES string of the molecule is CNC(=O)c1cnc(Nc2cc(C)nc(C)n2)cc1NC1=CCCC(c2nc(C)n(CC(F)(F)F)n2)=C1OC. The average Bonchev–Trinajstić information content (AvgIpc) is 3.21. The number of allylic oxidation sites excluding steroid dienone is 2. The highest BCUT2D eigenvalue weighted by Gasteiger charge is 2.31. The molecule has 0 fully saturated rings. The second-order valence-corrected chi connectivity index (χ2v) is 8.81. The second kappa shape index (κ2) is 11.1. The van der Waals surface area contributed by atoms with Crippen LogP contribution in [0, 0.1) is 20.8 Å². The van der Waals surface area contributed by atoms with E-state index < -0.39 is 12.7 Å². The Kier molecular flexibility index (Phi) is 7.83. The lowest BCUT2D eigenvalue weighted by atomic mass is 10.00. The maximum atomic E-state index is 13.0. The van der Waals surface area contributed by atoms with Gasteiger partial charge in [-0.2, -0.15) is 18.3 Å². The van der Waals surface area contributed by atoms with E-state index in [9.17, 15) is 18.0 Å². The normalized spacial score (nSPS) is 13.7. The molecule has 3 aromatic heterocycles. The van der Waals surface area contributed by atoms with Gasteiger partial charge < -0.3 is 20.7 Å². The molecule has 1 aliphatic carbocycles. The topological polar surface area (TPSA) is 132 Å². The summed E-state index contributed by atoms with van der Waals surface area (Å²) in [7, 11) is 2.96. The molecule has 14 heteroatoms. The lowest BCUT2D eigenvalue weighted by molar-refractivity contribution is -0.143. The molecule has 3 heterocycles. The Balaban J connectivity index is 1.69. The van der Waals surface area contributed by atoms with Crippen molar-refractivity contribution in [3.05, 3.63) is 64.6 Å². The van der Waals surface area contributed by atoms with E-state index in [0.717, 1.165) is 10.4 Å². The molecule has 0 saturated heterocycles. The minimum atomic E-state index is -4.43. The van der Waals surface area contributed by atoms with E-state index in [2.05, 4.69) is 41.0 Å². The van der Waals surface area contributed by atoms with Crippen LogP contribution in [0.15, 0.2) is 35.9 Å². The number of aromatic nitrogens is 6. The summed E-state index contributed by atoms with van der Waals surface area (Å²) in [5, 5.41) is 13.0. The molecule has 0 aliphatic heterocycles. The van der Waals surface area contributed by atoms with Crippen LogP contribution in [0.3, 0.4) is 0 Å². The molecule has 3 aromatic rings. The predicted molar refractivity (Wildman–Crippen MR) is 138 cm³/mol. The number of anilines is 3. The molecule has 0 radical (unpaired) electrons. The fraction of sp³-hybridized carbons (Fsp3) is 0.360. The second-order valence-electron chi connectivity index (χ2n) is 8.81. The first-order valence-corrected chi connectivity index (χ1v) is 12.0. The number of pyridine rings is 1. The van der Waals surface area contributed by atoms with Gasteiger partial charge in [0, 0.05) is 36.6 Å². The van der Waals surface area contributed by atoms with Crippen LogP contribution >= 0.6 is 0 Å². The molecule has 1 amide bonds. The number of rotatable bonds is 8. The Morgan fingerprint density at radius 2 is 1.87 bits per heavy atom. The van der Waals surface area contributed by atoms with Gasteiger partial charge >= 0.3 is 6.18 Å². The number of amides is 1. The van der Waals surface area contributed by atoms with Crippen molar-refractivity contribution in [2.75, 3.05) is 24.8 Å². The number of halogens is 3. The monoisotopic (exact) mass is 543 g/mol. The first-order chi connectivity index (χ1) is 18.5. The van der Waals surface area contributed by atoms with Crippen LogP contribution in [0.4, 0.5) is 30.5 Å². The largest absolute Gasteiger partial charge is 0.494 e. The van der Waals surface area contributed by atoms with Crippen molar-refractivity contribution in [2.24, 2.45) is 0 Å². The maximum absolute atomic E-state index is 13.0.